The van der Waals surface area contributed by atoms with Crippen LogP contribution in [0.15, 0.2) is 291 Å². The number of aromatic amines is 4. The number of rotatable bonds is 8. The molecule has 460 valence electrons. The van der Waals surface area contributed by atoms with Crippen LogP contribution in [0, 0.1) is 0 Å². The van der Waals surface area contributed by atoms with Crippen molar-refractivity contribution < 1.29 is 17.1 Å². The van der Waals surface area contributed by atoms with Crippen molar-refractivity contribution in [3.63, 3.8) is 0 Å². The fourth-order valence-corrected chi connectivity index (χ4v) is 13.7. The summed E-state index contributed by atoms with van der Waals surface area (Å²) in [5, 5.41) is 0. The maximum absolute atomic E-state index is 5.35. The number of fused-ring (bicyclic) bond motifs is 16. The van der Waals surface area contributed by atoms with E-state index in [1.165, 1.54) is 0 Å². The molecule has 6 aromatic heterocycles. The van der Waals surface area contributed by atoms with Gasteiger partial charge in [0, 0.05) is 106 Å². The smallest absolute Gasteiger partial charge is 0.0737 e. The molecule has 16 bridgehead atoms. The van der Waals surface area contributed by atoms with Crippen LogP contribution in [-0.2, 0) is 17.1 Å². The second-order valence-electron chi connectivity index (χ2n) is 23.9. The molecule has 0 amide bonds. The molecule has 9 heteroatoms. The van der Waals surface area contributed by atoms with Gasteiger partial charge in [-0.25, -0.2) is 19.9 Å². The minimum atomic E-state index is 0. The van der Waals surface area contributed by atoms with E-state index in [4.69, 9.17) is 19.9 Å². The van der Waals surface area contributed by atoms with E-state index in [0.29, 0.717) is 0 Å². The molecule has 4 N–H and O–H groups in total. The normalized spacial score (nSPS) is 11.9. The first-order chi connectivity index (χ1) is 47.6. The fraction of sp³-hybridized carbons (Fsp3) is 0. The van der Waals surface area contributed by atoms with Gasteiger partial charge in [0.15, 0.2) is 0 Å². The average molecular weight is 1290 g/mol. The molecule has 0 saturated carbocycles. The van der Waals surface area contributed by atoms with Crippen molar-refractivity contribution in [1.82, 2.24) is 39.9 Å². The Kier molecular flexibility index (Phi) is 16.0. The van der Waals surface area contributed by atoms with E-state index in [1.807, 2.05) is 48.5 Å². The summed E-state index contributed by atoms with van der Waals surface area (Å²) in [6.07, 6.45) is 17.1. The summed E-state index contributed by atoms with van der Waals surface area (Å²) in [5.41, 5.74) is 32.3. The van der Waals surface area contributed by atoms with Gasteiger partial charge in [-0.3, -0.25) is 0 Å². The van der Waals surface area contributed by atoms with Gasteiger partial charge in [0.25, 0.3) is 0 Å². The number of benzene rings is 8. The van der Waals surface area contributed by atoms with Crippen molar-refractivity contribution in [3.8, 4) is 89.0 Å². The molecule has 8 nitrogen and oxygen atoms in total. The van der Waals surface area contributed by atoms with Crippen molar-refractivity contribution in [2.75, 3.05) is 0 Å². The molecule has 0 saturated heterocycles. The Balaban J connectivity index is 0.000000151. The average Bonchev–Trinajstić information content (AvgIpc) is 1.65. The minimum Gasteiger partial charge on any atom is -0.354 e. The molecule has 0 aliphatic carbocycles. The van der Waals surface area contributed by atoms with Crippen molar-refractivity contribution in [2.45, 2.75) is 0 Å². The van der Waals surface area contributed by atoms with E-state index in [-0.39, 0.29) is 17.1 Å². The Morgan fingerprint density at radius 3 is 0.371 bits per heavy atom. The van der Waals surface area contributed by atoms with Crippen molar-refractivity contribution in [3.05, 3.63) is 337 Å². The third-order valence-corrected chi connectivity index (χ3v) is 18.0. The van der Waals surface area contributed by atoms with Gasteiger partial charge in [-0.1, -0.05) is 243 Å². The van der Waals surface area contributed by atoms with Gasteiger partial charge in [-0.2, -0.15) is 0 Å². The second kappa shape index (κ2) is 26.1. The van der Waals surface area contributed by atoms with Crippen LogP contribution in [-0.4, -0.2) is 39.9 Å². The number of nitrogens with zero attached hydrogens (tertiary/aromatic N) is 4. The van der Waals surface area contributed by atoms with Gasteiger partial charge in [-0.15, -0.1) is 0 Å². The van der Waals surface area contributed by atoms with Crippen LogP contribution >= 0.6 is 0 Å². The topological polar surface area (TPSA) is 115 Å². The van der Waals surface area contributed by atoms with E-state index in [1.54, 1.807) is 0 Å². The van der Waals surface area contributed by atoms with Gasteiger partial charge < -0.3 is 19.9 Å². The Hall–Kier alpha value is -12.5. The standard InChI is InChI=1S/2C44H30N4.Fe/c2*1-5-13-29(14-6-1)41-33-21-23-35(45-33)42(30-15-7-2-8-16-30)37-25-27-39(47-37)44(32-19-11-4-12-20-32)40-28-26-38(48-40)43(31-17-9-3-10-18-31)36-24-22-34(41)46-36;/h2*1-28,45,48H;. The molecule has 14 aromatic rings. The van der Waals surface area contributed by atoms with Crippen LogP contribution in [0.5, 0.6) is 0 Å². The first-order valence-electron chi connectivity index (χ1n) is 32.4. The van der Waals surface area contributed by atoms with E-state index in [2.05, 4.69) is 311 Å². The Morgan fingerprint density at radius 1 is 0.144 bits per heavy atom. The van der Waals surface area contributed by atoms with E-state index in [9.17, 15) is 0 Å². The molecular formula is C88H60FeN8. The number of aromatic nitrogens is 8. The SMILES string of the molecule is C1=Cc2nc1c(-c1ccccc1)c1ccc([nH]1)c(-c1ccccc1)c1nc(c(-c3ccccc3)c3ccc([nH]3)c2-c2ccccc2)C=C1.C1=Cc2nc1c(-c1ccccc1)c1ccc([nH]1)c(-c1ccccc1)c1nc(c(-c3ccccc3)c3ccc([nH]3)c2-c2ccccc2)C=C1.[Fe]. The monoisotopic (exact) mass is 1280 g/mol. The minimum absolute atomic E-state index is 0. The van der Waals surface area contributed by atoms with Crippen molar-refractivity contribution in [2.24, 2.45) is 0 Å². The third-order valence-electron chi connectivity index (χ3n) is 18.0. The Bertz CT molecular complexity index is 4720. The van der Waals surface area contributed by atoms with Crippen molar-refractivity contribution >= 4 is 92.7 Å². The summed E-state index contributed by atoms with van der Waals surface area (Å²) < 4.78 is 0. The first-order valence-corrected chi connectivity index (χ1v) is 32.4. The number of nitrogens with one attached hydrogen (secondary N) is 4. The van der Waals surface area contributed by atoms with Crippen LogP contribution < -0.4 is 0 Å². The maximum atomic E-state index is 5.35. The molecular weight excluding hydrogens is 1220 g/mol. The summed E-state index contributed by atoms with van der Waals surface area (Å²) in [4.78, 5) is 36.6. The summed E-state index contributed by atoms with van der Waals surface area (Å²) in [7, 11) is 0. The van der Waals surface area contributed by atoms with Gasteiger partial charge in [0.05, 0.1) is 45.6 Å². The predicted molar refractivity (Wildman–Crippen MR) is 401 cm³/mol. The van der Waals surface area contributed by atoms with E-state index >= 15 is 0 Å². The van der Waals surface area contributed by atoms with Crippen LogP contribution in [0.1, 0.15) is 45.6 Å². The van der Waals surface area contributed by atoms with Gasteiger partial charge in [0.2, 0.25) is 0 Å². The zero-order valence-electron chi connectivity index (χ0n) is 52.5. The van der Waals surface area contributed by atoms with E-state index in [0.717, 1.165) is 179 Å². The third kappa shape index (κ3) is 11.5. The van der Waals surface area contributed by atoms with E-state index < -0.39 is 0 Å². The molecule has 97 heavy (non-hydrogen) atoms. The molecule has 18 rings (SSSR count). The van der Waals surface area contributed by atoms with Crippen LogP contribution in [0.25, 0.3) is 182 Å². The molecule has 8 aromatic carbocycles. The molecule has 10 heterocycles. The van der Waals surface area contributed by atoms with Crippen LogP contribution in [0.2, 0.25) is 0 Å². The number of H-pyrrole nitrogens is 4. The van der Waals surface area contributed by atoms with Gasteiger partial charge >= 0.3 is 0 Å². The predicted octanol–water partition coefficient (Wildman–Crippen LogP) is 22.6. The maximum Gasteiger partial charge on any atom is 0.0737 e. The molecule has 0 radical (unpaired) electrons. The van der Waals surface area contributed by atoms with Gasteiger partial charge in [0.1, 0.15) is 0 Å². The fourth-order valence-electron chi connectivity index (χ4n) is 13.7. The number of hydrogen-bond donors (Lipinski definition) is 4. The summed E-state index contributed by atoms with van der Waals surface area (Å²) >= 11 is 0. The van der Waals surface area contributed by atoms with Gasteiger partial charge in [-0.05, 0) is 142 Å². The molecule has 4 aliphatic rings. The zero-order chi connectivity index (χ0) is 63.7. The quantitative estimate of drug-likeness (QED) is 0.113. The first kappa shape index (κ1) is 59.5. The molecule has 4 aliphatic heterocycles. The van der Waals surface area contributed by atoms with Crippen LogP contribution in [0.3, 0.4) is 0 Å². The summed E-state index contributed by atoms with van der Waals surface area (Å²) in [6.45, 7) is 0. The largest absolute Gasteiger partial charge is 0.354 e. The summed E-state index contributed by atoms with van der Waals surface area (Å²) in [6, 6.07) is 101. The molecule has 0 spiro atoms. The molecule has 0 atom stereocenters. The number of hydrogen-bond acceptors (Lipinski definition) is 4. The summed E-state index contributed by atoms with van der Waals surface area (Å²) in [5.74, 6) is 0. The molecule has 0 fully saturated rings. The Morgan fingerprint density at radius 2 is 0.258 bits per heavy atom. The van der Waals surface area contributed by atoms with Crippen molar-refractivity contribution in [1.29, 1.82) is 0 Å². The second-order valence-corrected chi connectivity index (χ2v) is 23.9. The molecule has 0 unspecified atom stereocenters. The van der Waals surface area contributed by atoms with Crippen LogP contribution in [0.4, 0.5) is 0 Å². The zero-order valence-corrected chi connectivity index (χ0v) is 53.6. The Labute approximate surface area is 571 Å².